The highest BCUT2D eigenvalue weighted by molar-refractivity contribution is 5.89. The lowest BCUT2D eigenvalue weighted by molar-refractivity contribution is 0.884. The molecule has 0 saturated heterocycles. The van der Waals surface area contributed by atoms with Crippen molar-refractivity contribution < 1.29 is 0 Å². The molecule has 1 aromatic heterocycles. The maximum atomic E-state index is 5.30. The summed E-state index contributed by atoms with van der Waals surface area (Å²) < 4.78 is 1.80. The van der Waals surface area contributed by atoms with E-state index in [4.69, 9.17) is 11.5 Å². The quantitative estimate of drug-likeness (QED) is 0.439. The van der Waals surface area contributed by atoms with E-state index in [0.717, 1.165) is 22.5 Å². The van der Waals surface area contributed by atoms with E-state index in [9.17, 15) is 0 Å². The van der Waals surface area contributed by atoms with Crippen LogP contribution in [0.25, 0.3) is 16.9 Å². The van der Waals surface area contributed by atoms with Gasteiger partial charge in [-0.25, -0.2) is 4.68 Å². The predicted octanol–water partition coefficient (Wildman–Crippen LogP) is 2.15. The van der Waals surface area contributed by atoms with Gasteiger partial charge in [0.15, 0.2) is 0 Å². The Morgan fingerprint density at radius 2 is 1.61 bits per heavy atom. The molecule has 4 N–H and O–H groups in total. The third-order valence-corrected chi connectivity index (χ3v) is 3.18. The van der Waals surface area contributed by atoms with Crippen molar-refractivity contribution in [2.24, 2.45) is 21.7 Å². The third-order valence-electron chi connectivity index (χ3n) is 3.18. The number of aromatic nitrogens is 2. The lowest BCUT2D eigenvalue weighted by Crippen LogP contribution is -2.21. The maximum absolute atomic E-state index is 5.30. The van der Waals surface area contributed by atoms with Crippen LogP contribution in [0, 0.1) is 0 Å². The monoisotopic (exact) mass is 304 g/mol. The summed E-state index contributed by atoms with van der Waals surface area (Å²) in [5.41, 5.74) is 14.2. The molecular weight excluding hydrogens is 288 g/mol. The van der Waals surface area contributed by atoms with Crippen molar-refractivity contribution in [2.45, 2.75) is 0 Å². The number of guanidine groups is 1. The predicted molar refractivity (Wildman–Crippen MR) is 92.4 cm³/mol. The summed E-state index contributed by atoms with van der Waals surface area (Å²) in [7, 11) is 0. The summed E-state index contributed by atoms with van der Waals surface area (Å²) >= 11 is 0. The summed E-state index contributed by atoms with van der Waals surface area (Å²) in [5.74, 6) is -0.0852. The normalized spacial score (nSPS) is 10.8. The first kappa shape index (κ1) is 14.5. The molecular formula is C17H16N6. The van der Waals surface area contributed by atoms with Crippen molar-refractivity contribution in [3.05, 3.63) is 72.4 Å². The Balaban J connectivity index is 2.07. The van der Waals surface area contributed by atoms with Gasteiger partial charge in [-0.05, 0) is 12.1 Å². The summed E-state index contributed by atoms with van der Waals surface area (Å²) in [5, 5.41) is 12.2. The minimum atomic E-state index is -0.0852. The maximum Gasteiger partial charge on any atom is 0.211 e. The Labute approximate surface area is 133 Å². The first-order valence-electron chi connectivity index (χ1n) is 7.06. The van der Waals surface area contributed by atoms with Crippen LogP contribution < -0.4 is 11.5 Å². The Bertz CT molecular complexity index is 830. The largest absolute Gasteiger partial charge is 0.369 e. The van der Waals surface area contributed by atoms with Crippen molar-refractivity contribution >= 4 is 12.2 Å². The summed E-state index contributed by atoms with van der Waals surface area (Å²) in [6.45, 7) is 0. The van der Waals surface area contributed by atoms with Crippen LogP contribution in [0.1, 0.15) is 5.56 Å². The minimum absolute atomic E-state index is 0.0852. The van der Waals surface area contributed by atoms with Gasteiger partial charge in [-0.3, -0.25) is 0 Å². The fourth-order valence-electron chi connectivity index (χ4n) is 2.17. The van der Waals surface area contributed by atoms with Gasteiger partial charge in [0, 0.05) is 17.3 Å². The highest BCUT2D eigenvalue weighted by Crippen LogP contribution is 2.22. The third kappa shape index (κ3) is 3.44. The fraction of sp³-hybridized carbons (Fsp3) is 0. The topological polar surface area (TPSA) is 94.6 Å². The van der Waals surface area contributed by atoms with Crippen LogP contribution in [-0.4, -0.2) is 22.0 Å². The van der Waals surface area contributed by atoms with Gasteiger partial charge in [0.2, 0.25) is 5.96 Å². The first-order valence-corrected chi connectivity index (χ1v) is 7.06. The standard InChI is InChI=1S/C17H16N6/c18-17(19)21-20-11-14-12-23(15-9-5-2-6-10-15)22-16(14)13-7-3-1-4-8-13/h1-12H,(H4,18,19,21)/b20-11-. The molecule has 6 heteroatoms. The van der Waals surface area contributed by atoms with Crippen LogP contribution in [0.15, 0.2) is 77.1 Å². The van der Waals surface area contributed by atoms with E-state index in [2.05, 4.69) is 15.3 Å². The van der Waals surface area contributed by atoms with Crippen molar-refractivity contribution in [1.82, 2.24) is 9.78 Å². The summed E-state index contributed by atoms with van der Waals surface area (Å²) in [6.07, 6.45) is 3.48. The second-order valence-corrected chi connectivity index (χ2v) is 4.85. The van der Waals surface area contributed by atoms with Crippen molar-refractivity contribution in [1.29, 1.82) is 0 Å². The molecule has 0 saturated carbocycles. The molecule has 0 aliphatic heterocycles. The second kappa shape index (κ2) is 6.57. The second-order valence-electron chi connectivity index (χ2n) is 4.85. The lowest BCUT2D eigenvalue weighted by atomic mass is 10.1. The minimum Gasteiger partial charge on any atom is -0.369 e. The molecule has 0 spiro atoms. The molecule has 0 aliphatic carbocycles. The van der Waals surface area contributed by atoms with E-state index in [-0.39, 0.29) is 5.96 Å². The van der Waals surface area contributed by atoms with Gasteiger partial charge in [0.05, 0.1) is 11.9 Å². The number of nitrogens with two attached hydrogens (primary N) is 2. The molecule has 0 atom stereocenters. The van der Waals surface area contributed by atoms with Crippen molar-refractivity contribution in [2.75, 3.05) is 0 Å². The first-order chi connectivity index (χ1) is 11.2. The number of hydrogen-bond acceptors (Lipinski definition) is 3. The number of hydrogen-bond donors (Lipinski definition) is 2. The van der Waals surface area contributed by atoms with Crippen LogP contribution in [0.5, 0.6) is 0 Å². The molecule has 3 aromatic rings. The molecule has 0 bridgehead atoms. The van der Waals surface area contributed by atoms with Gasteiger partial charge in [-0.15, -0.1) is 5.10 Å². The Kier molecular flexibility index (Phi) is 4.15. The van der Waals surface area contributed by atoms with E-state index < -0.39 is 0 Å². The Morgan fingerprint density at radius 1 is 0.957 bits per heavy atom. The SMILES string of the molecule is NC(N)=N/N=C\c1cn(-c2ccccc2)nc1-c1ccccc1. The van der Waals surface area contributed by atoms with Crippen molar-refractivity contribution in [3.63, 3.8) is 0 Å². The molecule has 0 aliphatic rings. The van der Waals surface area contributed by atoms with Crippen LogP contribution in [0.2, 0.25) is 0 Å². The zero-order chi connectivity index (χ0) is 16.1. The van der Waals surface area contributed by atoms with Crippen molar-refractivity contribution in [3.8, 4) is 16.9 Å². The van der Waals surface area contributed by atoms with Gasteiger partial charge < -0.3 is 11.5 Å². The Hall–Kier alpha value is -3.41. The van der Waals surface area contributed by atoms with E-state index in [1.54, 1.807) is 10.9 Å². The van der Waals surface area contributed by atoms with E-state index in [1.165, 1.54) is 0 Å². The average Bonchev–Trinajstić information content (AvgIpc) is 3.00. The molecule has 0 radical (unpaired) electrons. The molecule has 2 aromatic carbocycles. The smallest absolute Gasteiger partial charge is 0.211 e. The van der Waals surface area contributed by atoms with Gasteiger partial charge in [-0.1, -0.05) is 48.5 Å². The van der Waals surface area contributed by atoms with Crippen LogP contribution in [-0.2, 0) is 0 Å². The molecule has 0 unspecified atom stereocenters. The average molecular weight is 304 g/mol. The van der Waals surface area contributed by atoms with E-state index in [0.29, 0.717) is 0 Å². The zero-order valence-corrected chi connectivity index (χ0v) is 12.4. The number of benzene rings is 2. The number of nitrogens with zero attached hydrogens (tertiary/aromatic N) is 4. The summed E-state index contributed by atoms with van der Waals surface area (Å²) in [4.78, 5) is 0. The molecule has 0 amide bonds. The van der Waals surface area contributed by atoms with Crippen LogP contribution >= 0.6 is 0 Å². The van der Waals surface area contributed by atoms with E-state index in [1.807, 2.05) is 66.9 Å². The fourth-order valence-corrected chi connectivity index (χ4v) is 2.17. The van der Waals surface area contributed by atoms with Gasteiger partial charge >= 0.3 is 0 Å². The van der Waals surface area contributed by atoms with Gasteiger partial charge in [0.25, 0.3) is 0 Å². The number of para-hydroxylation sites is 1. The lowest BCUT2D eigenvalue weighted by Gasteiger charge is -2.00. The van der Waals surface area contributed by atoms with Crippen LogP contribution in [0.4, 0.5) is 0 Å². The van der Waals surface area contributed by atoms with E-state index >= 15 is 0 Å². The zero-order valence-electron chi connectivity index (χ0n) is 12.4. The van der Waals surface area contributed by atoms with Gasteiger partial charge in [-0.2, -0.15) is 10.2 Å². The summed E-state index contributed by atoms with van der Waals surface area (Å²) in [6, 6.07) is 19.8. The molecule has 1 heterocycles. The molecule has 114 valence electrons. The number of rotatable bonds is 4. The molecule has 23 heavy (non-hydrogen) atoms. The highest BCUT2D eigenvalue weighted by atomic mass is 15.3. The molecule has 3 rings (SSSR count). The van der Waals surface area contributed by atoms with Gasteiger partial charge in [0.1, 0.15) is 5.69 Å². The Morgan fingerprint density at radius 3 is 2.26 bits per heavy atom. The molecule has 6 nitrogen and oxygen atoms in total. The molecule has 0 fully saturated rings. The highest BCUT2D eigenvalue weighted by Gasteiger charge is 2.10. The van der Waals surface area contributed by atoms with Crippen LogP contribution in [0.3, 0.4) is 0 Å².